The number of carbonyl (C=O) groups is 1. The SMILES string of the molecule is Cc1nocc1C(=O)NC(c1nc2c(Cl)cccc2[nH]1)C1CCCCCCC1. The number of amides is 1. The predicted octanol–water partition coefficient (Wildman–Crippen LogP) is 5.34. The van der Waals surface area contributed by atoms with Crippen molar-refractivity contribution in [3.63, 3.8) is 0 Å². The monoisotopic (exact) mass is 400 g/mol. The van der Waals surface area contributed by atoms with Crippen LogP contribution in [0.3, 0.4) is 0 Å². The Balaban J connectivity index is 1.68. The fourth-order valence-electron chi connectivity index (χ4n) is 4.12. The van der Waals surface area contributed by atoms with Crippen molar-refractivity contribution in [2.45, 2.75) is 57.9 Å². The number of nitrogens with one attached hydrogen (secondary N) is 2. The van der Waals surface area contributed by atoms with Crippen LogP contribution in [0.4, 0.5) is 0 Å². The maximum Gasteiger partial charge on any atom is 0.257 e. The number of hydrogen-bond donors (Lipinski definition) is 2. The minimum atomic E-state index is -0.205. The Bertz CT molecular complexity index is 956. The fourth-order valence-corrected chi connectivity index (χ4v) is 4.34. The lowest BCUT2D eigenvalue weighted by molar-refractivity contribution is 0.0911. The Kier molecular flexibility index (Phi) is 5.67. The number of hydrogen-bond acceptors (Lipinski definition) is 4. The molecule has 6 nitrogen and oxygen atoms in total. The molecule has 28 heavy (non-hydrogen) atoms. The van der Waals surface area contributed by atoms with E-state index in [0.29, 0.717) is 22.2 Å². The molecule has 1 saturated carbocycles. The van der Waals surface area contributed by atoms with Gasteiger partial charge in [-0.1, -0.05) is 54.9 Å². The van der Waals surface area contributed by atoms with Crippen LogP contribution in [0.5, 0.6) is 0 Å². The van der Waals surface area contributed by atoms with Gasteiger partial charge >= 0.3 is 0 Å². The molecule has 0 aliphatic heterocycles. The number of fused-ring (bicyclic) bond motifs is 1. The van der Waals surface area contributed by atoms with Crippen LogP contribution in [0.25, 0.3) is 11.0 Å². The summed E-state index contributed by atoms with van der Waals surface area (Å²) in [5, 5.41) is 7.64. The molecule has 1 fully saturated rings. The first-order valence-corrected chi connectivity index (χ1v) is 10.4. The molecule has 7 heteroatoms. The molecule has 2 N–H and O–H groups in total. The number of aryl methyl sites for hydroxylation is 1. The Morgan fingerprint density at radius 2 is 2.00 bits per heavy atom. The molecule has 0 radical (unpaired) electrons. The molecule has 0 saturated heterocycles. The van der Waals surface area contributed by atoms with Gasteiger partial charge in [-0.3, -0.25) is 4.79 Å². The van der Waals surface area contributed by atoms with Crippen LogP contribution in [0.1, 0.15) is 72.9 Å². The Labute approximate surface area is 169 Å². The van der Waals surface area contributed by atoms with E-state index in [2.05, 4.69) is 15.5 Å². The maximum absolute atomic E-state index is 12.9. The van der Waals surface area contributed by atoms with Crippen LogP contribution < -0.4 is 5.32 Å². The van der Waals surface area contributed by atoms with Crippen LogP contribution in [0.2, 0.25) is 5.02 Å². The van der Waals surface area contributed by atoms with E-state index in [0.717, 1.165) is 29.7 Å². The van der Waals surface area contributed by atoms with Gasteiger partial charge in [0.05, 0.1) is 22.3 Å². The molecule has 148 valence electrons. The first kappa shape index (κ1) is 19.0. The number of nitrogens with zero attached hydrogens (tertiary/aromatic N) is 2. The Hall–Kier alpha value is -2.34. The molecular weight excluding hydrogens is 376 g/mol. The average Bonchev–Trinajstić information content (AvgIpc) is 3.27. The van der Waals surface area contributed by atoms with Crippen molar-refractivity contribution in [3.8, 4) is 0 Å². The summed E-state index contributed by atoms with van der Waals surface area (Å²) < 4.78 is 4.95. The van der Waals surface area contributed by atoms with Gasteiger partial charge in [-0.05, 0) is 37.8 Å². The molecule has 0 bridgehead atoms. The van der Waals surface area contributed by atoms with Gasteiger partial charge < -0.3 is 14.8 Å². The molecule has 1 aromatic carbocycles. The fraction of sp³-hybridized carbons (Fsp3) is 0.476. The molecule has 4 rings (SSSR count). The second-order valence-corrected chi connectivity index (χ2v) is 8.04. The van der Waals surface area contributed by atoms with Crippen LogP contribution in [-0.2, 0) is 0 Å². The topological polar surface area (TPSA) is 83.8 Å². The number of benzene rings is 1. The van der Waals surface area contributed by atoms with Crippen LogP contribution >= 0.6 is 11.6 Å². The summed E-state index contributed by atoms with van der Waals surface area (Å²) in [7, 11) is 0. The first-order valence-electron chi connectivity index (χ1n) is 9.99. The zero-order valence-corrected chi connectivity index (χ0v) is 16.8. The van der Waals surface area contributed by atoms with Gasteiger partial charge in [-0.2, -0.15) is 0 Å². The summed E-state index contributed by atoms with van der Waals surface area (Å²) in [5.41, 5.74) is 2.67. The number of carbonyl (C=O) groups excluding carboxylic acids is 1. The highest BCUT2D eigenvalue weighted by atomic mass is 35.5. The molecule has 3 aromatic rings. The summed E-state index contributed by atoms with van der Waals surface area (Å²) in [6.45, 7) is 1.77. The summed E-state index contributed by atoms with van der Waals surface area (Å²) in [6.07, 6.45) is 9.66. The van der Waals surface area contributed by atoms with Crippen molar-refractivity contribution in [3.05, 3.63) is 46.6 Å². The van der Waals surface area contributed by atoms with E-state index in [4.69, 9.17) is 21.1 Å². The molecule has 1 aliphatic carbocycles. The van der Waals surface area contributed by atoms with E-state index >= 15 is 0 Å². The largest absolute Gasteiger partial charge is 0.364 e. The highest BCUT2D eigenvalue weighted by molar-refractivity contribution is 6.34. The number of aromatic amines is 1. The van der Waals surface area contributed by atoms with Crippen molar-refractivity contribution in [2.24, 2.45) is 5.92 Å². The van der Waals surface area contributed by atoms with Crippen molar-refractivity contribution < 1.29 is 9.32 Å². The van der Waals surface area contributed by atoms with Crippen LogP contribution in [0.15, 0.2) is 29.0 Å². The third-order valence-electron chi connectivity index (χ3n) is 5.68. The summed E-state index contributed by atoms with van der Waals surface area (Å²) in [4.78, 5) is 21.1. The van der Waals surface area contributed by atoms with E-state index in [1.807, 2.05) is 18.2 Å². The van der Waals surface area contributed by atoms with Gasteiger partial charge in [0.25, 0.3) is 5.91 Å². The van der Waals surface area contributed by atoms with Crippen LogP contribution in [0, 0.1) is 12.8 Å². The van der Waals surface area contributed by atoms with E-state index in [1.165, 1.54) is 38.4 Å². The minimum absolute atomic E-state index is 0.183. The minimum Gasteiger partial charge on any atom is -0.364 e. The second kappa shape index (κ2) is 8.35. The molecule has 0 spiro atoms. The Morgan fingerprint density at radius 1 is 1.25 bits per heavy atom. The van der Waals surface area contributed by atoms with Crippen LogP contribution in [-0.4, -0.2) is 21.0 Å². The highest BCUT2D eigenvalue weighted by Gasteiger charge is 2.29. The van der Waals surface area contributed by atoms with Gasteiger partial charge in [0.15, 0.2) is 0 Å². The van der Waals surface area contributed by atoms with E-state index < -0.39 is 0 Å². The van der Waals surface area contributed by atoms with E-state index in [-0.39, 0.29) is 11.9 Å². The van der Waals surface area contributed by atoms with Gasteiger partial charge in [0.2, 0.25) is 0 Å². The third kappa shape index (κ3) is 3.92. The molecular formula is C21H25ClN4O2. The quantitative estimate of drug-likeness (QED) is 0.618. The summed E-state index contributed by atoms with van der Waals surface area (Å²) in [5.74, 6) is 0.900. The van der Waals surface area contributed by atoms with Crippen molar-refractivity contribution in [1.29, 1.82) is 0 Å². The molecule has 1 unspecified atom stereocenters. The number of halogens is 1. The number of imidazole rings is 1. The molecule has 1 atom stereocenters. The highest BCUT2D eigenvalue weighted by Crippen LogP contribution is 2.34. The van der Waals surface area contributed by atoms with Gasteiger partial charge in [0.1, 0.15) is 23.2 Å². The summed E-state index contributed by atoms with van der Waals surface area (Å²) >= 11 is 6.33. The molecule has 2 heterocycles. The maximum atomic E-state index is 12.9. The van der Waals surface area contributed by atoms with Crippen molar-refractivity contribution >= 4 is 28.5 Å². The van der Waals surface area contributed by atoms with Gasteiger partial charge in [-0.25, -0.2) is 4.98 Å². The second-order valence-electron chi connectivity index (χ2n) is 7.63. The van der Waals surface area contributed by atoms with Crippen molar-refractivity contribution in [2.75, 3.05) is 0 Å². The average molecular weight is 401 g/mol. The van der Waals surface area contributed by atoms with Gasteiger partial charge in [0, 0.05) is 0 Å². The normalized spacial score (nSPS) is 17.2. The zero-order chi connectivity index (χ0) is 19.5. The third-order valence-corrected chi connectivity index (χ3v) is 5.98. The molecule has 2 aromatic heterocycles. The zero-order valence-electron chi connectivity index (χ0n) is 16.0. The standard InChI is InChI=1S/C21H25ClN4O2/c1-13-15(12-28-26-13)21(27)25-18(14-8-5-3-2-4-6-9-14)20-23-17-11-7-10-16(22)19(17)24-20/h7,10-12,14,18H,2-6,8-9H2,1H3,(H,23,24)(H,25,27). The Morgan fingerprint density at radius 3 is 2.68 bits per heavy atom. The van der Waals surface area contributed by atoms with E-state index in [1.54, 1.807) is 6.92 Å². The molecule has 1 aliphatic rings. The smallest absolute Gasteiger partial charge is 0.257 e. The van der Waals surface area contributed by atoms with Gasteiger partial charge in [-0.15, -0.1) is 0 Å². The number of rotatable bonds is 4. The number of para-hydroxylation sites is 1. The van der Waals surface area contributed by atoms with E-state index in [9.17, 15) is 4.79 Å². The lowest BCUT2D eigenvalue weighted by Crippen LogP contribution is -2.35. The lowest BCUT2D eigenvalue weighted by atomic mass is 9.85. The first-order chi connectivity index (χ1) is 13.6. The number of aromatic nitrogens is 3. The number of H-pyrrole nitrogens is 1. The van der Waals surface area contributed by atoms with Crippen molar-refractivity contribution in [1.82, 2.24) is 20.4 Å². The molecule has 1 amide bonds. The summed E-state index contributed by atoms with van der Waals surface area (Å²) in [6, 6.07) is 5.48. The lowest BCUT2D eigenvalue weighted by Gasteiger charge is -2.28. The predicted molar refractivity (Wildman–Crippen MR) is 108 cm³/mol.